The monoisotopic (exact) mass is 192 g/mol. The maximum atomic E-state index is 12.4. The first-order chi connectivity index (χ1) is 5.24. The fourth-order valence-electron chi connectivity index (χ4n) is 0.724. The molecular formula is C7H10ClFN2O. The quantitative estimate of drug-likeness (QED) is 0.676. The fraction of sp³-hybridized carbons (Fsp3) is 0.286. The number of hydrogen-bond acceptors (Lipinski definition) is 3. The van der Waals surface area contributed by atoms with Gasteiger partial charge in [-0.3, -0.25) is 0 Å². The highest BCUT2D eigenvalue weighted by Crippen LogP contribution is 2.05. The molecule has 0 aliphatic heterocycles. The maximum Gasteiger partial charge on any atom is 0.213 e. The third-order valence-electron chi connectivity index (χ3n) is 1.31. The minimum Gasteiger partial charge on any atom is -0.394 e. The summed E-state index contributed by atoms with van der Waals surface area (Å²) in [6, 6.07) is 3.72. The van der Waals surface area contributed by atoms with E-state index in [1.807, 2.05) is 0 Å². The van der Waals surface area contributed by atoms with Gasteiger partial charge in [0.15, 0.2) is 0 Å². The third-order valence-corrected chi connectivity index (χ3v) is 1.31. The normalized spacial score (nSPS) is 11.9. The van der Waals surface area contributed by atoms with Gasteiger partial charge in [0.05, 0.1) is 18.3 Å². The number of aromatic nitrogens is 1. The van der Waals surface area contributed by atoms with E-state index in [4.69, 9.17) is 10.8 Å². The molecule has 0 saturated carbocycles. The van der Waals surface area contributed by atoms with Crippen LogP contribution in [0.5, 0.6) is 0 Å². The Balaban J connectivity index is 0.00000121. The van der Waals surface area contributed by atoms with Crippen molar-refractivity contribution in [3.05, 3.63) is 29.8 Å². The first-order valence-corrected chi connectivity index (χ1v) is 3.23. The summed E-state index contributed by atoms with van der Waals surface area (Å²) in [5, 5.41) is 8.59. The molecule has 0 fully saturated rings. The Morgan fingerprint density at radius 3 is 2.75 bits per heavy atom. The van der Waals surface area contributed by atoms with Crippen LogP contribution in [0, 0.1) is 5.95 Å². The van der Waals surface area contributed by atoms with Gasteiger partial charge in [-0.2, -0.15) is 4.39 Å². The number of rotatable bonds is 2. The second-order valence-electron chi connectivity index (χ2n) is 2.17. The molecule has 1 unspecified atom stereocenters. The zero-order valence-electron chi connectivity index (χ0n) is 6.27. The lowest BCUT2D eigenvalue weighted by Crippen LogP contribution is -2.16. The highest BCUT2D eigenvalue weighted by Gasteiger charge is 2.05. The van der Waals surface area contributed by atoms with E-state index in [-0.39, 0.29) is 19.0 Å². The molecular weight excluding hydrogens is 183 g/mol. The van der Waals surface area contributed by atoms with E-state index in [0.29, 0.717) is 5.69 Å². The lowest BCUT2D eigenvalue weighted by atomic mass is 10.2. The molecule has 0 radical (unpaired) electrons. The standard InChI is InChI=1S/C7H9FN2O.ClH/c8-7-3-1-2-6(10-7)5(9)4-11;/h1-3,5,11H,4,9H2;1H. The third kappa shape index (κ3) is 2.73. The second kappa shape index (κ2) is 5.03. The molecule has 0 aromatic carbocycles. The molecule has 5 heteroatoms. The van der Waals surface area contributed by atoms with Crippen molar-refractivity contribution in [3.8, 4) is 0 Å². The van der Waals surface area contributed by atoms with E-state index in [1.54, 1.807) is 6.07 Å². The molecule has 1 aromatic rings. The van der Waals surface area contributed by atoms with E-state index < -0.39 is 12.0 Å². The molecule has 1 heterocycles. The maximum absolute atomic E-state index is 12.4. The average molecular weight is 193 g/mol. The molecule has 1 aromatic heterocycles. The van der Waals surface area contributed by atoms with Gasteiger partial charge in [0.2, 0.25) is 5.95 Å². The van der Waals surface area contributed by atoms with Gasteiger partial charge in [-0.05, 0) is 12.1 Å². The predicted molar refractivity (Wildman–Crippen MR) is 45.5 cm³/mol. The van der Waals surface area contributed by atoms with Crippen molar-refractivity contribution in [2.45, 2.75) is 6.04 Å². The smallest absolute Gasteiger partial charge is 0.213 e. The van der Waals surface area contributed by atoms with Crippen LogP contribution in [0.15, 0.2) is 18.2 Å². The van der Waals surface area contributed by atoms with Gasteiger partial charge >= 0.3 is 0 Å². The Kier molecular flexibility index (Phi) is 4.73. The molecule has 3 nitrogen and oxygen atoms in total. The van der Waals surface area contributed by atoms with Crippen molar-refractivity contribution in [2.24, 2.45) is 5.73 Å². The summed E-state index contributed by atoms with van der Waals surface area (Å²) < 4.78 is 12.4. The van der Waals surface area contributed by atoms with Crippen LogP contribution in [-0.2, 0) is 0 Å². The Morgan fingerprint density at radius 1 is 1.58 bits per heavy atom. The molecule has 0 amide bonds. The van der Waals surface area contributed by atoms with Crippen LogP contribution in [0.1, 0.15) is 11.7 Å². The predicted octanol–water partition coefficient (Wildman–Crippen LogP) is 0.635. The van der Waals surface area contributed by atoms with Crippen LogP contribution in [0.2, 0.25) is 0 Å². The summed E-state index contributed by atoms with van der Waals surface area (Å²) >= 11 is 0. The first kappa shape index (κ1) is 11.3. The molecule has 1 rings (SSSR count). The summed E-state index contributed by atoms with van der Waals surface area (Å²) in [6.45, 7) is -0.226. The van der Waals surface area contributed by atoms with Crippen LogP contribution in [0.4, 0.5) is 4.39 Å². The van der Waals surface area contributed by atoms with E-state index in [1.165, 1.54) is 12.1 Å². The van der Waals surface area contributed by atoms with Gasteiger partial charge in [0.1, 0.15) is 0 Å². The Hall–Kier alpha value is -0.710. The van der Waals surface area contributed by atoms with E-state index >= 15 is 0 Å². The van der Waals surface area contributed by atoms with Crippen LogP contribution in [-0.4, -0.2) is 16.7 Å². The van der Waals surface area contributed by atoms with Crippen molar-refractivity contribution in [1.82, 2.24) is 4.98 Å². The van der Waals surface area contributed by atoms with Crippen molar-refractivity contribution in [3.63, 3.8) is 0 Å². The fourth-order valence-corrected chi connectivity index (χ4v) is 0.724. The number of nitrogens with two attached hydrogens (primary N) is 1. The largest absolute Gasteiger partial charge is 0.394 e. The summed E-state index contributed by atoms with van der Waals surface area (Å²) in [7, 11) is 0. The molecule has 0 aliphatic rings. The van der Waals surface area contributed by atoms with Crippen molar-refractivity contribution in [1.29, 1.82) is 0 Å². The topological polar surface area (TPSA) is 59.1 Å². The highest BCUT2D eigenvalue weighted by molar-refractivity contribution is 5.85. The Labute approximate surface area is 75.8 Å². The molecule has 3 N–H and O–H groups in total. The van der Waals surface area contributed by atoms with Gasteiger partial charge in [0.25, 0.3) is 0 Å². The van der Waals surface area contributed by atoms with E-state index in [2.05, 4.69) is 4.98 Å². The number of aliphatic hydroxyl groups is 1. The number of nitrogens with zero attached hydrogens (tertiary/aromatic N) is 1. The van der Waals surface area contributed by atoms with Gasteiger partial charge in [-0.25, -0.2) is 4.98 Å². The minimum atomic E-state index is -0.592. The van der Waals surface area contributed by atoms with Crippen LogP contribution in [0.25, 0.3) is 0 Å². The molecule has 12 heavy (non-hydrogen) atoms. The summed E-state index contributed by atoms with van der Waals surface area (Å²) in [4.78, 5) is 3.49. The Morgan fingerprint density at radius 2 is 2.25 bits per heavy atom. The second-order valence-corrected chi connectivity index (χ2v) is 2.17. The van der Waals surface area contributed by atoms with Crippen LogP contribution >= 0.6 is 12.4 Å². The molecule has 0 saturated heterocycles. The summed E-state index contributed by atoms with van der Waals surface area (Å²) in [5.41, 5.74) is 5.75. The highest BCUT2D eigenvalue weighted by atomic mass is 35.5. The van der Waals surface area contributed by atoms with Gasteiger partial charge < -0.3 is 10.8 Å². The summed E-state index contributed by atoms with van der Waals surface area (Å²) in [5.74, 6) is -0.577. The molecule has 0 bridgehead atoms. The zero-order chi connectivity index (χ0) is 8.27. The van der Waals surface area contributed by atoms with Gasteiger partial charge in [0, 0.05) is 0 Å². The molecule has 1 atom stereocenters. The van der Waals surface area contributed by atoms with Crippen LogP contribution < -0.4 is 5.73 Å². The SMILES string of the molecule is Cl.NC(CO)c1cccc(F)n1. The van der Waals surface area contributed by atoms with E-state index in [9.17, 15) is 4.39 Å². The first-order valence-electron chi connectivity index (χ1n) is 3.23. The van der Waals surface area contributed by atoms with E-state index in [0.717, 1.165) is 0 Å². The number of halogens is 2. The van der Waals surface area contributed by atoms with Crippen molar-refractivity contribution in [2.75, 3.05) is 6.61 Å². The lowest BCUT2D eigenvalue weighted by Gasteiger charge is -2.05. The molecule has 0 aliphatic carbocycles. The molecule has 0 spiro atoms. The number of hydrogen-bond donors (Lipinski definition) is 2. The van der Waals surface area contributed by atoms with Crippen LogP contribution in [0.3, 0.4) is 0 Å². The Bertz CT molecular complexity index is 247. The average Bonchev–Trinajstić information content (AvgIpc) is 2.03. The summed E-state index contributed by atoms with van der Waals surface area (Å²) in [6.07, 6.45) is 0. The van der Waals surface area contributed by atoms with Crippen molar-refractivity contribution >= 4 is 12.4 Å². The van der Waals surface area contributed by atoms with Crippen molar-refractivity contribution < 1.29 is 9.50 Å². The number of pyridine rings is 1. The minimum absolute atomic E-state index is 0. The number of aliphatic hydroxyl groups excluding tert-OH is 1. The van der Waals surface area contributed by atoms with Gasteiger partial charge in [-0.1, -0.05) is 6.07 Å². The molecule has 68 valence electrons. The van der Waals surface area contributed by atoms with Gasteiger partial charge in [-0.15, -0.1) is 12.4 Å². The lowest BCUT2D eigenvalue weighted by molar-refractivity contribution is 0.265. The zero-order valence-corrected chi connectivity index (χ0v) is 7.09.